The minimum atomic E-state index is -1.41. The Balaban J connectivity index is 1.86. The van der Waals surface area contributed by atoms with Gasteiger partial charge in [0.2, 0.25) is 0 Å². The van der Waals surface area contributed by atoms with Crippen molar-refractivity contribution in [3.8, 4) is 0 Å². The second-order valence-electron chi connectivity index (χ2n) is 6.16. The monoisotopic (exact) mass is 363 g/mol. The van der Waals surface area contributed by atoms with E-state index in [1.165, 1.54) is 6.92 Å². The number of carbonyl (C=O) groups is 1. The van der Waals surface area contributed by atoms with Crippen molar-refractivity contribution in [2.45, 2.75) is 38.4 Å². The second-order valence-corrected chi connectivity index (χ2v) is 6.16. The summed E-state index contributed by atoms with van der Waals surface area (Å²) in [6.45, 7) is 3.32. The molecule has 26 heavy (non-hydrogen) atoms. The Hall–Kier alpha value is -2.62. The van der Waals surface area contributed by atoms with E-state index in [1.807, 2.05) is 0 Å². The molecular weight excluding hydrogens is 345 g/mol. The SMILES string of the molecule is Cc1cccc(C(=O)Nc2nc(=O)n([C@@H]3O[C@H](C)C(O)C3O)cc2F)c1. The van der Waals surface area contributed by atoms with Crippen LogP contribution in [0.4, 0.5) is 10.2 Å². The molecule has 8 nitrogen and oxygen atoms in total. The molecule has 3 N–H and O–H groups in total. The van der Waals surface area contributed by atoms with Gasteiger partial charge in [0.15, 0.2) is 17.9 Å². The molecule has 1 aliphatic rings. The third-order valence-electron chi connectivity index (χ3n) is 4.17. The van der Waals surface area contributed by atoms with Crippen molar-refractivity contribution in [3.63, 3.8) is 0 Å². The van der Waals surface area contributed by atoms with Crippen molar-refractivity contribution in [1.29, 1.82) is 0 Å². The first kappa shape index (κ1) is 18.2. The maximum atomic E-state index is 14.3. The molecule has 138 valence electrons. The molecule has 1 aromatic heterocycles. The first-order valence-corrected chi connectivity index (χ1v) is 7.96. The highest BCUT2D eigenvalue weighted by Crippen LogP contribution is 2.28. The van der Waals surface area contributed by atoms with Gasteiger partial charge in [0.1, 0.15) is 12.2 Å². The van der Waals surface area contributed by atoms with Gasteiger partial charge in [-0.15, -0.1) is 0 Å². The van der Waals surface area contributed by atoms with Gasteiger partial charge in [-0.05, 0) is 26.0 Å². The van der Waals surface area contributed by atoms with Gasteiger partial charge in [0.05, 0.1) is 12.3 Å². The number of nitrogens with zero attached hydrogens (tertiary/aromatic N) is 2. The maximum Gasteiger partial charge on any atom is 0.351 e. The molecule has 0 radical (unpaired) electrons. The lowest BCUT2D eigenvalue weighted by molar-refractivity contribution is -0.0355. The van der Waals surface area contributed by atoms with Crippen LogP contribution >= 0.6 is 0 Å². The van der Waals surface area contributed by atoms with Gasteiger partial charge in [-0.25, -0.2) is 9.18 Å². The number of aliphatic hydroxyl groups is 2. The molecule has 0 saturated carbocycles. The van der Waals surface area contributed by atoms with Crippen LogP contribution in [-0.2, 0) is 4.74 Å². The number of carbonyl (C=O) groups excluding carboxylic acids is 1. The number of hydrogen-bond donors (Lipinski definition) is 3. The van der Waals surface area contributed by atoms with Crippen molar-refractivity contribution in [3.05, 3.63) is 57.9 Å². The first-order chi connectivity index (χ1) is 12.3. The molecule has 1 aliphatic heterocycles. The van der Waals surface area contributed by atoms with E-state index in [-0.39, 0.29) is 0 Å². The number of hydrogen-bond acceptors (Lipinski definition) is 6. The number of aromatic nitrogens is 2. The van der Waals surface area contributed by atoms with E-state index in [0.29, 0.717) is 5.56 Å². The minimum Gasteiger partial charge on any atom is -0.388 e. The Bertz CT molecular complexity index is 900. The fourth-order valence-electron chi connectivity index (χ4n) is 2.74. The Labute approximate surface area is 147 Å². The number of aryl methyl sites for hydroxylation is 1. The summed E-state index contributed by atoms with van der Waals surface area (Å²) in [6, 6.07) is 6.64. The molecule has 3 rings (SSSR count). The van der Waals surface area contributed by atoms with Crippen molar-refractivity contribution in [2.24, 2.45) is 0 Å². The number of ether oxygens (including phenoxy) is 1. The van der Waals surface area contributed by atoms with Crippen LogP contribution in [-0.4, -0.2) is 44.0 Å². The standard InChI is InChI=1S/C17H18FN3O5/c1-8-4-3-5-10(6-8)15(24)19-14-11(18)7-21(17(25)20-14)16-13(23)12(22)9(2)26-16/h3-7,9,12-13,16,22-23H,1-2H3,(H,19,20,24,25)/t9-,12?,13?,16-/m1/s1. The molecule has 2 aromatic rings. The molecule has 2 heterocycles. The zero-order valence-corrected chi connectivity index (χ0v) is 14.1. The molecule has 0 bridgehead atoms. The van der Waals surface area contributed by atoms with Crippen molar-refractivity contribution >= 4 is 11.7 Å². The van der Waals surface area contributed by atoms with E-state index in [1.54, 1.807) is 31.2 Å². The maximum absolute atomic E-state index is 14.3. The number of amides is 1. The lowest BCUT2D eigenvalue weighted by Crippen LogP contribution is -2.36. The van der Waals surface area contributed by atoms with E-state index in [2.05, 4.69) is 10.3 Å². The minimum absolute atomic E-state index is 0.293. The number of benzene rings is 1. The molecule has 1 aromatic carbocycles. The third kappa shape index (κ3) is 3.36. The van der Waals surface area contributed by atoms with Crippen LogP contribution in [0.2, 0.25) is 0 Å². The van der Waals surface area contributed by atoms with Crippen LogP contribution in [0.1, 0.15) is 29.1 Å². The largest absolute Gasteiger partial charge is 0.388 e. The highest BCUT2D eigenvalue weighted by Gasteiger charge is 2.42. The average Bonchev–Trinajstić information content (AvgIpc) is 2.85. The summed E-state index contributed by atoms with van der Waals surface area (Å²) in [5.74, 6) is -2.12. The van der Waals surface area contributed by atoms with Crippen LogP contribution in [0.5, 0.6) is 0 Å². The summed E-state index contributed by atoms with van der Waals surface area (Å²) in [5, 5.41) is 21.9. The summed E-state index contributed by atoms with van der Waals surface area (Å²) in [4.78, 5) is 27.9. The predicted octanol–water partition coefficient (Wildman–Crippen LogP) is 0.582. The normalized spacial score (nSPS) is 25.3. The van der Waals surface area contributed by atoms with Gasteiger partial charge >= 0.3 is 5.69 Å². The Morgan fingerprint density at radius 3 is 2.69 bits per heavy atom. The van der Waals surface area contributed by atoms with Gasteiger partial charge in [-0.1, -0.05) is 17.7 Å². The van der Waals surface area contributed by atoms with Gasteiger partial charge in [0, 0.05) is 5.56 Å². The summed E-state index contributed by atoms with van der Waals surface area (Å²) in [6.07, 6.45) is -3.84. The zero-order valence-electron chi connectivity index (χ0n) is 14.1. The third-order valence-corrected chi connectivity index (χ3v) is 4.17. The van der Waals surface area contributed by atoms with E-state index in [9.17, 15) is 24.2 Å². The van der Waals surface area contributed by atoms with E-state index < -0.39 is 47.8 Å². The molecule has 9 heteroatoms. The second kappa shape index (κ2) is 6.94. The average molecular weight is 363 g/mol. The molecule has 1 fully saturated rings. The number of anilines is 1. The van der Waals surface area contributed by atoms with E-state index >= 15 is 0 Å². The fraction of sp³-hybridized carbons (Fsp3) is 0.353. The summed E-state index contributed by atoms with van der Waals surface area (Å²) >= 11 is 0. The molecule has 1 saturated heterocycles. The van der Waals surface area contributed by atoms with E-state index in [4.69, 9.17) is 4.74 Å². The predicted molar refractivity (Wildman–Crippen MR) is 89.2 cm³/mol. The first-order valence-electron chi connectivity index (χ1n) is 7.96. The molecule has 0 aliphatic carbocycles. The van der Waals surface area contributed by atoms with Crippen molar-refractivity contribution in [2.75, 3.05) is 5.32 Å². The van der Waals surface area contributed by atoms with Gasteiger partial charge < -0.3 is 20.3 Å². The smallest absolute Gasteiger partial charge is 0.351 e. The van der Waals surface area contributed by atoms with Crippen molar-refractivity contribution < 1.29 is 24.1 Å². The number of nitrogens with one attached hydrogen (secondary N) is 1. The quantitative estimate of drug-likeness (QED) is 0.735. The van der Waals surface area contributed by atoms with Gasteiger partial charge in [0.25, 0.3) is 5.91 Å². The van der Waals surface area contributed by atoms with Crippen LogP contribution < -0.4 is 11.0 Å². The number of aliphatic hydroxyl groups excluding tert-OH is 2. The summed E-state index contributed by atoms with van der Waals surface area (Å²) < 4.78 is 20.3. The molecule has 2 unspecified atom stereocenters. The highest BCUT2D eigenvalue weighted by atomic mass is 19.1. The lowest BCUT2D eigenvalue weighted by Gasteiger charge is -2.17. The van der Waals surface area contributed by atoms with Gasteiger partial charge in [-0.3, -0.25) is 9.36 Å². The Kier molecular flexibility index (Phi) is 4.86. The van der Waals surface area contributed by atoms with Gasteiger partial charge in [-0.2, -0.15) is 4.98 Å². The van der Waals surface area contributed by atoms with E-state index in [0.717, 1.165) is 16.3 Å². The van der Waals surface area contributed by atoms with Crippen molar-refractivity contribution in [1.82, 2.24) is 9.55 Å². The zero-order chi connectivity index (χ0) is 19.0. The molecule has 1 amide bonds. The Morgan fingerprint density at radius 2 is 2.08 bits per heavy atom. The van der Waals surface area contributed by atoms with Crippen LogP contribution in [0.25, 0.3) is 0 Å². The number of halogens is 1. The summed E-state index contributed by atoms with van der Waals surface area (Å²) in [7, 11) is 0. The molecule has 0 spiro atoms. The number of rotatable bonds is 3. The fourth-order valence-corrected chi connectivity index (χ4v) is 2.74. The van der Waals surface area contributed by atoms with Crippen LogP contribution in [0, 0.1) is 12.7 Å². The molecular formula is C17H18FN3O5. The van der Waals surface area contributed by atoms with Crippen LogP contribution in [0.15, 0.2) is 35.3 Å². The van der Waals surface area contributed by atoms with Crippen LogP contribution in [0.3, 0.4) is 0 Å². The Morgan fingerprint density at radius 1 is 1.35 bits per heavy atom. The lowest BCUT2D eigenvalue weighted by atomic mass is 10.1. The topological polar surface area (TPSA) is 114 Å². The highest BCUT2D eigenvalue weighted by molar-refractivity contribution is 6.03. The summed E-state index contributed by atoms with van der Waals surface area (Å²) in [5.41, 5.74) is 0.208. The molecule has 4 atom stereocenters.